The maximum Gasteiger partial charge on any atom is 0.317 e. The molecule has 0 bridgehead atoms. The Bertz CT molecular complexity index is 931. The van der Waals surface area contributed by atoms with Gasteiger partial charge >= 0.3 is 6.03 Å². The van der Waals surface area contributed by atoms with Crippen LogP contribution < -0.4 is 5.32 Å². The van der Waals surface area contributed by atoms with Crippen molar-refractivity contribution >= 4 is 39.3 Å². The number of amides is 2. The maximum atomic E-state index is 12.8. The minimum Gasteiger partial charge on any atom is -0.338 e. The van der Waals surface area contributed by atoms with E-state index in [9.17, 15) is 13.2 Å². The molecule has 0 aromatic heterocycles. The molecule has 0 radical (unpaired) electrons. The van der Waals surface area contributed by atoms with Crippen LogP contribution in [-0.4, -0.2) is 56.4 Å². The highest BCUT2D eigenvalue weighted by Crippen LogP contribution is 2.27. The number of nitrogens with zero attached hydrogens (tertiary/aromatic N) is 2. The molecule has 28 heavy (non-hydrogen) atoms. The second-order valence-corrected chi connectivity index (χ2v) is 9.19. The van der Waals surface area contributed by atoms with Gasteiger partial charge < -0.3 is 10.2 Å². The largest absolute Gasteiger partial charge is 0.338 e. The maximum absolute atomic E-state index is 12.8. The molecule has 0 saturated carbocycles. The predicted octanol–water partition coefficient (Wildman–Crippen LogP) is 3.25. The molecular weight excluding hydrogens is 421 g/mol. The smallest absolute Gasteiger partial charge is 0.317 e. The normalized spacial score (nSPS) is 15.4. The lowest BCUT2D eigenvalue weighted by molar-refractivity contribution is 0.172. The average molecular weight is 442 g/mol. The third kappa shape index (κ3) is 4.97. The number of benzene rings is 2. The molecule has 1 aliphatic heterocycles. The number of halogens is 2. The van der Waals surface area contributed by atoms with Gasteiger partial charge in [0.25, 0.3) is 0 Å². The van der Waals surface area contributed by atoms with E-state index in [4.69, 9.17) is 23.2 Å². The summed E-state index contributed by atoms with van der Waals surface area (Å²) in [4.78, 5) is 14.0. The van der Waals surface area contributed by atoms with Crippen molar-refractivity contribution in [1.29, 1.82) is 0 Å². The Morgan fingerprint density at radius 1 is 0.964 bits per heavy atom. The highest BCUT2D eigenvalue weighted by molar-refractivity contribution is 7.89. The number of urea groups is 1. The summed E-state index contributed by atoms with van der Waals surface area (Å²) in [7, 11) is -3.67. The molecule has 0 spiro atoms. The van der Waals surface area contributed by atoms with Crippen LogP contribution in [0.2, 0.25) is 10.0 Å². The summed E-state index contributed by atoms with van der Waals surface area (Å²) in [6.45, 7) is 1.66. The number of sulfonamides is 1. The molecule has 2 aromatic carbocycles. The van der Waals surface area contributed by atoms with E-state index in [-0.39, 0.29) is 29.0 Å². The Kier molecular flexibility index (Phi) is 6.82. The first kappa shape index (κ1) is 20.9. The van der Waals surface area contributed by atoms with Crippen LogP contribution in [0.3, 0.4) is 0 Å². The van der Waals surface area contributed by atoms with Gasteiger partial charge in [0.1, 0.15) is 0 Å². The Morgan fingerprint density at radius 2 is 1.64 bits per heavy atom. The summed E-state index contributed by atoms with van der Waals surface area (Å²) in [6.07, 6.45) is 0.748. The highest BCUT2D eigenvalue weighted by Gasteiger charge is 2.30. The third-order valence-electron chi connectivity index (χ3n) is 4.59. The second-order valence-electron chi connectivity index (χ2n) is 6.43. The lowest BCUT2D eigenvalue weighted by Gasteiger charge is -2.34. The van der Waals surface area contributed by atoms with Crippen LogP contribution in [0.5, 0.6) is 0 Å². The molecule has 2 aromatic rings. The highest BCUT2D eigenvalue weighted by atomic mass is 35.5. The first-order valence-corrected chi connectivity index (χ1v) is 11.1. The topological polar surface area (TPSA) is 69.7 Å². The molecule has 3 rings (SSSR count). The van der Waals surface area contributed by atoms with Gasteiger partial charge in [-0.25, -0.2) is 13.2 Å². The Labute approximate surface area is 175 Å². The summed E-state index contributed by atoms with van der Waals surface area (Å²) >= 11 is 11.8. The van der Waals surface area contributed by atoms with E-state index in [0.29, 0.717) is 24.7 Å². The lowest BCUT2D eigenvalue weighted by Crippen LogP contribution is -2.53. The molecule has 2 amide bonds. The van der Waals surface area contributed by atoms with Gasteiger partial charge in [-0.1, -0.05) is 53.5 Å². The SMILES string of the molecule is O=C(NCCc1ccccc1)N1CCN(S(=O)(=O)c2ccc(Cl)c(Cl)c2)CC1. The van der Waals surface area contributed by atoms with Gasteiger partial charge in [0.15, 0.2) is 0 Å². The van der Waals surface area contributed by atoms with Crippen molar-refractivity contribution in [3.05, 3.63) is 64.1 Å². The number of hydrogen-bond acceptors (Lipinski definition) is 3. The van der Waals surface area contributed by atoms with Crippen molar-refractivity contribution in [2.75, 3.05) is 32.7 Å². The van der Waals surface area contributed by atoms with Gasteiger partial charge in [0.05, 0.1) is 14.9 Å². The fourth-order valence-electron chi connectivity index (χ4n) is 2.99. The zero-order chi connectivity index (χ0) is 20.1. The number of piperazine rings is 1. The number of hydrogen-bond donors (Lipinski definition) is 1. The fraction of sp³-hybridized carbons (Fsp3) is 0.316. The van der Waals surface area contributed by atoms with Gasteiger partial charge in [0.2, 0.25) is 10.0 Å². The van der Waals surface area contributed by atoms with Crippen LogP contribution in [0.1, 0.15) is 5.56 Å². The first-order chi connectivity index (χ1) is 13.4. The molecule has 150 valence electrons. The molecule has 0 unspecified atom stereocenters. The Hall–Kier alpha value is -1.80. The summed E-state index contributed by atoms with van der Waals surface area (Å²) in [6, 6.07) is 14.0. The van der Waals surface area contributed by atoms with Crippen LogP contribution in [0.15, 0.2) is 53.4 Å². The van der Waals surface area contributed by atoms with E-state index >= 15 is 0 Å². The average Bonchev–Trinajstić information content (AvgIpc) is 2.71. The summed E-state index contributed by atoms with van der Waals surface area (Å²) in [5, 5.41) is 3.38. The molecule has 1 heterocycles. The molecule has 9 heteroatoms. The van der Waals surface area contributed by atoms with Crippen molar-refractivity contribution in [2.45, 2.75) is 11.3 Å². The van der Waals surface area contributed by atoms with Gasteiger partial charge in [-0.15, -0.1) is 0 Å². The number of carbonyl (C=O) groups excluding carboxylic acids is 1. The summed E-state index contributed by atoms with van der Waals surface area (Å²) < 4.78 is 26.9. The standard InChI is InChI=1S/C19H21Cl2N3O3S/c20-17-7-6-16(14-18(17)21)28(26,27)24-12-10-23(11-13-24)19(25)22-9-8-15-4-2-1-3-5-15/h1-7,14H,8-13H2,(H,22,25). The monoisotopic (exact) mass is 441 g/mol. The van der Waals surface area contributed by atoms with E-state index in [1.54, 1.807) is 4.90 Å². The van der Waals surface area contributed by atoms with E-state index in [1.807, 2.05) is 30.3 Å². The van der Waals surface area contributed by atoms with Crippen LogP contribution in [0.25, 0.3) is 0 Å². The predicted molar refractivity (Wildman–Crippen MR) is 110 cm³/mol. The summed E-state index contributed by atoms with van der Waals surface area (Å²) in [5.74, 6) is 0. The number of carbonyl (C=O) groups is 1. The molecule has 0 atom stereocenters. The molecule has 1 N–H and O–H groups in total. The minimum atomic E-state index is -3.67. The van der Waals surface area contributed by atoms with Crippen molar-refractivity contribution in [3.8, 4) is 0 Å². The zero-order valence-corrected chi connectivity index (χ0v) is 17.5. The number of rotatable bonds is 5. The van der Waals surface area contributed by atoms with Crippen LogP contribution in [0, 0.1) is 0 Å². The Balaban J connectivity index is 1.52. The van der Waals surface area contributed by atoms with Gasteiger partial charge in [-0.3, -0.25) is 0 Å². The quantitative estimate of drug-likeness (QED) is 0.773. The molecule has 0 aliphatic carbocycles. The van der Waals surface area contributed by atoms with Gasteiger partial charge in [-0.05, 0) is 30.2 Å². The zero-order valence-electron chi connectivity index (χ0n) is 15.1. The van der Waals surface area contributed by atoms with Crippen LogP contribution >= 0.6 is 23.2 Å². The lowest BCUT2D eigenvalue weighted by atomic mass is 10.1. The Morgan fingerprint density at radius 3 is 2.29 bits per heavy atom. The first-order valence-electron chi connectivity index (χ1n) is 8.90. The van der Waals surface area contributed by atoms with Crippen molar-refractivity contribution in [1.82, 2.24) is 14.5 Å². The minimum absolute atomic E-state index is 0.0997. The van der Waals surface area contributed by atoms with E-state index in [0.717, 1.165) is 12.0 Å². The van der Waals surface area contributed by atoms with Gasteiger partial charge in [0, 0.05) is 32.7 Å². The molecule has 1 aliphatic rings. The molecule has 1 saturated heterocycles. The van der Waals surface area contributed by atoms with Crippen LogP contribution in [0.4, 0.5) is 4.79 Å². The third-order valence-corrected chi connectivity index (χ3v) is 7.22. The molecule has 1 fully saturated rings. The van der Waals surface area contributed by atoms with Crippen molar-refractivity contribution in [2.24, 2.45) is 0 Å². The fourth-order valence-corrected chi connectivity index (χ4v) is 4.80. The van der Waals surface area contributed by atoms with Crippen LogP contribution in [-0.2, 0) is 16.4 Å². The molecular formula is C19H21Cl2N3O3S. The summed E-state index contributed by atoms with van der Waals surface area (Å²) in [5.41, 5.74) is 1.15. The van der Waals surface area contributed by atoms with E-state index in [2.05, 4.69) is 5.32 Å². The van der Waals surface area contributed by atoms with E-state index in [1.165, 1.54) is 22.5 Å². The number of nitrogens with one attached hydrogen (secondary N) is 1. The van der Waals surface area contributed by atoms with Crippen molar-refractivity contribution in [3.63, 3.8) is 0 Å². The van der Waals surface area contributed by atoms with Gasteiger partial charge in [-0.2, -0.15) is 4.31 Å². The van der Waals surface area contributed by atoms with Crippen molar-refractivity contribution < 1.29 is 13.2 Å². The second kappa shape index (κ2) is 9.13. The molecule has 6 nitrogen and oxygen atoms in total. The van der Waals surface area contributed by atoms with E-state index < -0.39 is 10.0 Å².